The molecule has 1 fully saturated rings. The van der Waals surface area contributed by atoms with Gasteiger partial charge in [0.15, 0.2) is 0 Å². The van der Waals surface area contributed by atoms with Crippen molar-refractivity contribution in [2.45, 2.75) is 45.4 Å². The molecule has 0 spiro atoms. The molecule has 0 aromatic heterocycles. The minimum absolute atomic E-state index is 0.810. The van der Waals surface area contributed by atoms with E-state index < -0.39 is 0 Å². The van der Waals surface area contributed by atoms with E-state index in [2.05, 4.69) is 44.2 Å². The van der Waals surface area contributed by atoms with Gasteiger partial charge in [-0.15, -0.1) is 0 Å². The van der Waals surface area contributed by atoms with Gasteiger partial charge < -0.3 is 0 Å². The van der Waals surface area contributed by atoms with Crippen molar-refractivity contribution in [3.05, 3.63) is 35.9 Å². The van der Waals surface area contributed by atoms with Gasteiger partial charge in [0, 0.05) is 0 Å². The van der Waals surface area contributed by atoms with Crippen LogP contribution in [0.2, 0.25) is 0 Å². The van der Waals surface area contributed by atoms with Crippen LogP contribution in [0, 0.1) is 11.8 Å². The maximum atomic E-state index is 2.43. The Hall–Kier alpha value is -0.780. The van der Waals surface area contributed by atoms with Crippen molar-refractivity contribution >= 4 is 0 Å². The van der Waals surface area contributed by atoms with Crippen LogP contribution in [-0.2, 0) is 0 Å². The maximum absolute atomic E-state index is 2.43. The molecule has 2 rings (SSSR count). The first-order valence-corrected chi connectivity index (χ1v) is 6.38. The lowest BCUT2D eigenvalue weighted by Crippen LogP contribution is -2.24. The number of rotatable bonds is 2. The highest BCUT2D eigenvalue weighted by molar-refractivity contribution is 5.21. The average molecular weight is 202 g/mol. The molecule has 3 atom stereocenters. The molecule has 82 valence electrons. The Balaban J connectivity index is 2.23. The van der Waals surface area contributed by atoms with E-state index in [1.54, 1.807) is 5.56 Å². The Bertz CT molecular complexity index is 288. The van der Waals surface area contributed by atoms with Gasteiger partial charge in [-0.3, -0.25) is 0 Å². The van der Waals surface area contributed by atoms with E-state index in [9.17, 15) is 0 Å². The lowest BCUT2D eigenvalue weighted by atomic mass is 9.69. The van der Waals surface area contributed by atoms with Crippen molar-refractivity contribution in [3.63, 3.8) is 0 Å². The van der Waals surface area contributed by atoms with Crippen LogP contribution >= 0.6 is 0 Å². The predicted octanol–water partition coefficient (Wildman–Crippen LogP) is 4.62. The molecule has 0 heterocycles. The van der Waals surface area contributed by atoms with Crippen LogP contribution in [0.1, 0.15) is 51.0 Å². The third-order valence-electron chi connectivity index (χ3n) is 4.06. The Morgan fingerprint density at radius 3 is 2.53 bits per heavy atom. The second-order valence-electron chi connectivity index (χ2n) is 5.01. The van der Waals surface area contributed by atoms with Crippen LogP contribution in [0.4, 0.5) is 0 Å². The Morgan fingerprint density at radius 1 is 1.13 bits per heavy atom. The van der Waals surface area contributed by atoms with Gasteiger partial charge in [0.05, 0.1) is 0 Å². The summed E-state index contributed by atoms with van der Waals surface area (Å²) in [6.45, 7) is 4.78. The van der Waals surface area contributed by atoms with E-state index in [0.29, 0.717) is 0 Å². The fourth-order valence-corrected chi connectivity index (χ4v) is 3.26. The summed E-state index contributed by atoms with van der Waals surface area (Å²) in [5.41, 5.74) is 1.57. The van der Waals surface area contributed by atoms with Crippen LogP contribution < -0.4 is 0 Å². The van der Waals surface area contributed by atoms with Gasteiger partial charge >= 0.3 is 0 Å². The van der Waals surface area contributed by atoms with Crippen LogP contribution in [0.3, 0.4) is 0 Å². The number of hydrogen-bond donors (Lipinski definition) is 0. The Labute approximate surface area is 93.7 Å². The minimum atomic E-state index is 0.810. The van der Waals surface area contributed by atoms with Gasteiger partial charge in [-0.05, 0) is 29.7 Å². The molecular formula is C15H22. The Morgan fingerprint density at radius 2 is 1.87 bits per heavy atom. The first-order chi connectivity index (χ1) is 7.33. The molecule has 0 aliphatic heterocycles. The molecule has 1 aliphatic carbocycles. The second-order valence-corrected chi connectivity index (χ2v) is 5.01. The molecule has 1 aliphatic rings. The molecule has 0 saturated heterocycles. The molecule has 1 aromatic rings. The zero-order valence-corrected chi connectivity index (χ0v) is 9.95. The fourth-order valence-electron chi connectivity index (χ4n) is 3.26. The SMILES string of the molecule is CCC1CCCC(C)C1c1ccccc1. The standard InChI is InChI=1S/C15H22/c1-3-13-11-7-8-12(2)15(13)14-9-5-4-6-10-14/h4-6,9-10,12-13,15H,3,7-8,11H2,1-2H3. The van der Waals surface area contributed by atoms with Crippen molar-refractivity contribution in [2.24, 2.45) is 11.8 Å². The zero-order valence-electron chi connectivity index (χ0n) is 9.95. The molecule has 1 saturated carbocycles. The van der Waals surface area contributed by atoms with Gasteiger partial charge in [-0.25, -0.2) is 0 Å². The molecule has 15 heavy (non-hydrogen) atoms. The van der Waals surface area contributed by atoms with Gasteiger partial charge in [0.1, 0.15) is 0 Å². The summed E-state index contributed by atoms with van der Waals surface area (Å²) >= 11 is 0. The highest BCUT2D eigenvalue weighted by Crippen LogP contribution is 2.43. The quantitative estimate of drug-likeness (QED) is 0.656. The zero-order chi connectivity index (χ0) is 10.7. The molecule has 0 bridgehead atoms. The van der Waals surface area contributed by atoms with Gasteiger partial charge in [0.2, 0.25) is 0 Å². The minimum Gasteiger partial charge on any atom is -0.0651 e. The van der Waals surface area contributed by atoms with Crippen LogP contribution in [-0.4, -0.2) is 0 Å². The molecule has 0 nitrogen and oxygen atoms in total. The van der Waals surface area contributed by atoms with Crippen molar-refractivity contribution in [2.75, 3.05) is 0 Å². The maximum Gasteiger partial charge on any atom is -0.0108 e. The molecule has 0 heteroatoms. The van der Waals surface area contributed by atoms with Gasteiger partial charge in [0.25, 0.3) is 0 Å². The third kappa shape index (κ3) is 2.25. The third-order valence-corrected chi connectivity index (χ3v) is 4.06. The summed E-state index contributed by atoms with van der Waals surface area (Å²) in [6, 6.07) is 11.1. The van der Waals surface area contributed by atoms with E-state index in [1.807, 2.05) is 0 Å². The molecule has 1 aromatic carbocycles. The van der Waals surface area contributed by atoms with Crippen LogP contribution in [0.15, 0.2) is 30.3 Å². The number of benzene rings is 1. The summed E-state index contributed by atoms with van der Waals surface area (Å²) in [5.74, 6) is 2.59. The largest absolute Gasteiger partial charge is 0.0651 e. The lowest BCUT2D eigenvalue weighted by molar-refractivity contribution is 0.227. The van der Waals surface area contributed by atoms with E-state index >= 15 is 0 Å². The van der Waals surface area contributed by atoms with Crippen molar-refractivity contribution < 1.29 is 0 Å². The van der Waals surface area contributed by atoms with E-state index in [-0.39, 0.29) is 0 Å². The fraction of sp³-hybridized carbons (Fsp3) is 0.600. The van der Waals surface area contributed by atoms with Crippen LogP contribution in [0.25, 0.3) is 0 Å². The second kappa shape index (κ2) is 4.83. The highest BCUT2D eigenvalue weighted by Gasteiger charge is 2.30. The van der Waals surface area contributed by atoms with Gasteiger partial charge in [-0.2, -0.15) is 0 Å². The summed E-state index contributed by atoms with van der Waals surface area (Å²) in [5, 5.41) is 0. The highest BCUT2D eigenvalue weighted by atomic mass is 14.3. The monoisotopic (exact) mass is 202 g/mol. The first-order valence-electron chi connectivity index (χ1n) is 6.38. The number of hydrogen-bond acceptors (Lipinski definition) is 0. The summed E-state index contributed by atoms with van der Waals surface area (Å²) in [4.78, 5) is 0. The summed E-state index contributed by atoms with van der Waals surface area (Å²) < 4.78 is 0. The Kier molecular flexibility index (Phi) is 3.45. The average Bonchev–Trinajstić information content (AvgIpc) is 2.29. The smallest absolute Gasteiger partial charge is 0.0108 e. The molecule has 0 radical (unpaired) electrons. The van der Waals surface area contributed by atoms with Crippen molar-refractivity contribution in [3.8, 4) is 0 Å². The van der Waals surface area contributed by atoms with Crippen LogP contribution in [0.5, 0.6) is 0 Å². The molecule has 3 unspecified atom stereocenters. The predicted molar refractivity (Wildman–Crippen MR) is 66.0 cm³/mol. The summed E-state index contributed by atoms with van der Waals surface area (Å²) in [7, 11) is 0. The lowest BCUT2D eigenvalue weighted by Gasteiger charge is -2.36. The van der Waals surface area contributed by atoms with E-state index in [1.165, 1.54) is 25.7 Å². The summed E-state index contributed by atoms with van der Waals surface area (Å²) in [6.07, 6.45) is 5.61. The van der Waals surface area contributed by atoms with Crippen molar-refractivity contribution in [1.82, 2.24) is 0 Å². The molecule has 0 amide bonds. The topological polar surface area (TPSA) is 0 Å². The normalized spacial score (nSPS) is 31.5. The van der Waals surface area contributed by atoms with Gasteiger partial charge in [-0.1, -0.05) is 63.4 Å². The molecular weight excluding hydrogens is 180 g/mol. The van der Waals surface area contributed by atoms with Crippen molar-refractivity contribution in [1.29, 1.82) is 0 Å². The molecule has 0 N–H and O–H groups in total. The van der Waals surface area contributed by atoms with E-state index in [4.69, 9.17) is 0 Å². The van der Waals surface area contributed by atoms with E-state index in [0.717, 1.165) is 17.8 Å². The first kappa shape index (κ1) is 10.7.